The van der Waals surface area contributed by atoms with E-state index in [2.05, 4.69) is 0 Å². The molecule has 0 aliphatic carbocycles. The molecular weight excluding hydrogens is 368 g/mol. The second kappa shape index (κ2) is 7.59. The molecule has 0 saturated heterocycles. The number of phenols is 1. The molecule has 148 valence electrons. The fourth-order valence-corrected chi connectivity index (χ4v) is 2.98. The quantitative estimate of drug-likeness (QED) is 0.688. The van der Waals surface area contributed by atoms with Gasteiger partial charge in [0.15, 0.2) is 28.3 Å². The van der Waals surface area contributed by atoms with Crippen molar-refractivity contribution in [2.24, 2.45) is 0 Å². The van der Waals surface area contributed by atoms with Crippen molar-refractivity contribution < 1.29 is 33.2 Å². The number of fused-ring (bicyclic) bond motifs is 1. The largest absolute Gasteiger partial charge is 0.504 e. The Kier molecular flexibility index (Phi) is 5.21. The molecule has 0 spiro atoms. The zero-order valence-corrected chi connectivity index (χ0v) is 16.1. The lowest BCUT2D eigenvalue weighted by molar-refractivity contribution is 0.324. The Morgan fingerprint density at radius 3 is 1.93 bits per heavy atom. The van der Waals surface area contributed by atoms with E-state index >= 15 is 0 Å². The minimum absolute atomic E-state index is 0.154. The van der Waals surface area contributed by atoms with Crippen LogP contribution < -0.4 is 29.1 Å². The van der Waals surface area contributed by atoms with Crippen LogP contribution in [0.3, 0.4) is 0 Å². The summed E-state index contributed by atoms with van der Waals surface area (Å²) in [5, 5.41) is 10.5. The van der Waals surface area contributed by atoms with Gasteiger partial charge in [0.05, 0.1) is 40.9 Å². The van der Waals surface area contributed by atoms with Crippen molar-refractivity contribution in [3.05, 3.63) is 34.5 Å². The Morgan fingerprint density at radius 1 is 0.750 bits per heavy atom. The first-order valence-corrected chi connectivity index (χ1v) is 8.21. The van der Waals surface area contributed by atoms with E-state index in [1.165, 1.54) is 53.7 Å². The van der Waals surface area contributed by atoms with Crippen molar-refractivity contribution in [2.45, 2.75) is 0 Å². The van der Waals surface area contributed by atoms with Crippen LogP contribution in [0.15, 0.2) is 33.5 Å². The summed E-state index contributed by atoms with van der Waals surface area (Å²) in [4.78, 5) is 12.7. The van der Waals surface area contributed by atoms with Crippen molar-refractivity contribution in [2.75, 3.05) is 35.5 Å². The number of hydrogen-bond acceptors (Lipinski definition) is 8. The summed E-state index contributed by atoms with van der Waals surface area (Å²) in [7, 11) is 7.22. The van der Waals surface area contributed by atoms with Crippen LogP contribution in [0.4, 0.5) is 0 Å². The third-order valence-corrected chi connectivity index (χ3v) is 4.27. The highest BCUT2D eigenvalue weighted by atomic mass is 16.5. The fourth-order valence-electron chi connectivity index (χ4n) is 2.98. The summed E-state index contributed by atoms with van der Waals surface area (Å²) < 4.78 is 32.4. The van der Waals surface area contributed by atoms with Crippen LogP contribution in [0.25, 0.3) is 22.3 Å². The molecule has 1 heterocycles. The van der Waals surface area contributed by atoms with Crippen molar-refractivity contribution in [1.82, 2.24) is 0 Å². The van der Waals surface area contributed by atoms with Crippen LogP contribution in [0.2, 0.25) is 0 Å². The molecular formula is C20H20O8. The molecule has 2 aromatic carbocycles. The first kappa shape index (κ1) is 19.2. The zero-order chi connectivity index (χ0) is 20.4. The maximum absolute atomic E-state index is 12.7. The van der Waals surface area contributed by atoms with Crippen LogP contribution >= 0.6 is 0 Å². The average molecular weight is 388 g/mol. The number of phenolic OH excluding ortho intramolecular Hbond substituents is 1. The highest BCUT2D eigenvalue weighted by molar-refractivity contribution is 5.89. The SMILES string of the molecule is COc1cc(-c2cc(=O)c3cc(OC)c(OC)c(OC)c3o2)cc(O)c1OC. The molecule has 3 aromatic rings. The summed E-state index contributed by atoms with van der Waals surface area (Å²) in [6, 6.07) is 5.85. The van der Waals surface area contributed by atoms with E-state index in [0.29, 0.717) is 22.8 Å². The van der Waals surface area contributed by atoms with Crippen LogP contribution in [-0.2, 0) is 0 Å². The monoisotopic (exact) mass is 388 g/mol. The van der Waals surface area contributed by atoms with Gasteiger partial charge in [-0.15, -0.1) is 0 Å². The van der Waals surface area contributed by atoms with Gasteiger partial charge in [0.1, 0.15) is 5.76 Å². The number of hydrogen-bond donors (Lipinski definition) is 1. The molecule has 0 atom stereocenters. The molecule has 1 N–H and O–H groups in total. The molecule has 0 fully saturated rings. The lowest BCUT2D eigenvalue weighted by Gasteiger charge is -2.15. The summed E-state index contributed by atoms with van der Waals surface area (Å²) in [5.41, 5.74) is 0.299. The standard InChI is InChI=1S/C20H20O8/c1-23-15-7-10(6-13(22)18(15)25-3)14-9-12(21)11-8-16(24-2)19(26-4)20(27-5)17(11)28-14/h6-9,22H,1-5H3. The van der Waals surface area contributed by atoms with Gasteiger partial charge in [-0.3, -0.25) is 4.79 Å². The Morgan fingerprint density at radius 2 is 1.36 bits per heavy atom. The average Bonchev–Trinajstić information content (AvgIpc) is 2.71. The van der Waals surface area contributed by atoms with E-state index in [1.807, 2.05) is 0 Å². The van der Waals surface area contributed by atoms with E-state index < -0.39 is 0 Å². The highest BCUT2D eigenvalue weighted by Gasteiger charge is 2.21. The molecule has 0 bridgehead atoms. The van der Waals surface area contributed by atoms with Gasteiger partial charge >= 0.3 is 0 Å². The summed E-state index contributed by atoms with van der Waals surface area (Å²) in [5.74, 6) is 1.39. The van der Waals surface area contributed by atoms with Gasteiger partial charge in [-0.1, -0.05) is 0 Å². The molecule has 0 amide bonds. The number of aromatic hydroxyl groups is 1. The van der Waals surface area contributed by atoms with Crippen LogP contribution in [-0.4, -0.2) is 40.7 Å². The molecule has 3 rings (SSSR count). The molecule has 8 nitrogen and oxygen atoms in total. The Hall–Kier alpha value is -3.55. The molecule has 0 unspecified atom stereocenters. The van der Waals surface area contributed by atoms with Gasteiger partial charge in [0.25, 0.3) is 0 Å². The first-order chi connectivity index (χ1) is 13.5. The Labute approximate surface area is 160 Å². The van der Waals surface area contributed by atoms with E-state index in [1.54, 1.807) is 6.07 Å². The van der Waals surface area contributed by atoms with Gasteiger partial charge in [-0.2, -0.15) is 0 Å². The molecule has 0 radical (unpaired) electrons. The van der Waals surface area contributed by atoms with E-state index in [0.717, 1.165) is 0 Å². The van der Waals surface area contributed by atoms with E-state index in [4.69, 9.17) is 28.1 Å². The third kappa shape index (κ3) is 3.02. The lowest BCUT2D eigenvalue weighted by Crippen LogP contribution is -2.04. The highest BCUT2D eigenvalue weighted by Crippen LogP contribution is 2.45. The molecule has 8 heteroatoms. The summed E-state index contributed by atoms with van der Waals surface area (Å²) >= 11 is 0. The van der Waals surface area contributed by atoms with E-state index in [-0.39, 0.29) is 39.4 Å². The fraction of sp³-hybridized carbons (Fsp3) is 0.250. The minimum Gasteiger partial charge on any atom is -0.504 e. The smallest absolute Gasteiger partial charge is 0.208 e. The predicted octanol–water partition coefficient (Wildman–Crippen LogP) is 3.21. The number of ether oxygens (including phenoxy) is 5. The maximum Gasteiger partial charge on any atom is 0.208 e. The zero-order valence-electron chi connectivity index (χ0n) is 16.1. The third-order valence-electron chi connectivity index (χ3n) is 4.27. The van der Waals surface area contributed by atoms with Gasteiger partial charge in [0.2, 0.25) is 17.2 Å². The van der Waals surface area contributed by atoms with Crippen molar-refractivity contribution in [1.29, 1.82) is 0 Å². The van der Waals surface area contributed by atoms with Crippen molar-refractivity contribution >= 4 is 11.0 Å². The molecule has 0 aliphatic rings. The Bertz CT molecular complexity index is 1080. The van der Waals surface area contributed by atoms with Gasteiger partial charge < -0.3 is 33.2 Å². The lowest BCUT2D eigenvalue weighted by atomic mass is 10.1. The molecule has 28 heavy (non-hydrogen) atoms. The molecule has 0 saturated carbocycles. The molecule has 1 aromatic heterocycles. The minimum atomic E-state index is -0.315. The van der Waals surface area contributed by atoms with Crippen LogP contribution in [0.5, 0.6) is 34.5 Å². The van der Waals surface area contributed by atoms with Crippen molar-refractivity contribution in [3.63, 3.8) is 0 Å². The van der Waals surface area contributed by atoms with E-state index in [9.17, 15) is 9.90 Å². The number of methoxy groups -OCH3 is 5. The normalized spacial score (nSPS) is 10.6. The maximum atomic E-state index is 12.7. The topological polar surface area (TPSA) is 96.6 Å². The van der Waals surface area contributed by atoms with Crippen molar-refractivity contribution in [3.8, 4) is 45.8 Å². The Balaban J connectivity index is 2.33. The van der Waals surface area contributed by atoms with Gasteiger partial charge in [0, 0.05) is 11.6 Å². The first-order valence-electron chi connectivity index (χ1n) is 8.21. The second-order valence-electron chi connectivity index (χ2n) is 5.73. The number of rotatable bonds is 6. The number of benzene rings is 2. The summed E-state index contributed by atoms with van der Waals surface area (Å²) in [6.45, 7) is 0. The van der Waals surface area contributed by atoms with Gasteiger partial charge in [-0.05, 0) is 18.2 Å². The second-order valence-corrected chi connectivity index (χ2v) is 5.73. The molecule has 0 aliphatic heterocycles. The van der Waals surface area contributed by atoms with Gasteiger partial charge in [-0.25, -0.2) is 0 Å². The van der Waals surface area contributed by atoms with Crippen LogP contribution in [0.1, 0.15) is 0 Å². The van der Waals surface area contributed by atoms with Crippen LogP contribution in [0, 0.1) is 0 Å². The summed E-state index contributed by atoms with van der Waals surface area (Å²) in [6.07, 6.45) is 0. The predicted molar refractivity (Wildman–Crippen MR) is 102 cm³/mol.